The number of halogens is 1. The van der Waals surface area contributed by atoms with Crippen LogP contribution in [0.2, 0.25) is 4.34 Å². The highest BCUT2D eigenvalue weighted by Gasteiger charge is 2.77. The number of carbonyl (C=O) groups is 4. The summed E-state index contributed by atoms with van der Waals surface area (Å²) in [5.74, 6) is 2.38. The second-order valence-corrected chi connectivity index (χ2v) is 12.5. The van der Waals surface area contributed by atoms with Gasteiger partial charge < -0.3 is 40.0 Å². The van der Waals surface area contributed by atoms with Crippen molar-refractivity contribution in [3.8, 4) is 11.8 Å². The maximum atomic E-state index is 13.4. The van der Waals surface area contributed by atoms with Crippen LogP contribution in [0.3, 0.4) is 0 Å². The Morgan fingerprint density at radius 3 is 2.59 bits per heavy atom. The largest absolute Gasteiger partial charge is 0.481 e. The number of nitrogens with zero attached hydrogens (tertiary/aromatic N) is 4. The number of aliphatic carboxylic acids is 2. The van der Waals surface area contributed by atoms with Gasteiger partial charge in [0.25, 0.3) is 0 Å². The minimum Gasteiger partial charge on any atom is -0.481 e. The molecule has 5 rings (SSSR count). The number of rotatable bonds is 13. The molecule has 3 aromatic heterocycles. The standard InChI is InChI=1S/C29H31ClN6O9S/c1-3-32-26-22-27(35-17(34-26)7-5-14-4-6-16(30)46-14)36(13-33-22)23-15-12-29(15,28(43)31-2)25(45-21(42)11-9-19(39)40)24(23)44-20(41)10-8-18(37)38/h4,6,13,15,21,23-25,42H,3,8-12H2,1-2H3,(H,31,43)(H,37,38)(H,39,40)(H,32,34,35)/t15?,21?,23?,24-,25-,29?/m0/s1. The smallest absolute Gasteiger partial charge is 0.306 e. The number of carboxylic acid groups (broad SMARTS) is 2. The molecular formula is C29H31ClN6O9S. The number of nitrogens with one attached hydrogen (secondary N) is 2. The van der Waals surface area contributed by atoms with Crippen LogP contribution in [0.25, 0.3) is 11.2 Å². The van der Waals surface area contributed by atoms with Crippen LogP contribution in [0, 0.1) is 23.2 Å². The summed E-state index contributed by atoms with van der Waals surface area (Å²) in [4.78, 5) is 63.1. The number of aliphatic hydroxyl groups is 1. The van der Waals surface area contributed by atoms with Crippen molar-refractivity contribution in [1.29, 1.82) is 0 Å². The average molecular weight is 675 g/mol. The number of aromatic nitrogens is 4. The molecular weight excluding hydrogens is 644 g/mol. The molecule has 17 heteroatoms. The quantitative estimate of drug-likeness (QED) is 0.0998. The lowest BCUT2D eigenvalue weighted by molar-refractivity contribution is -0.199. The summed E-state index contributed by atoms with van der Waals surface area (Å²) in [5.41, 5.74) is -0.545. The van der Waals surface area contributed by atoms with Crippen LogP contribution in [0.4, 0.5) is 5.82 Å². The van der Waals surface area contributed by atoms with Gasteiger partial charge in [0.1, 0.15) is 12.2 Å². The highest BCUT2D eigenvalue weighted by Crippen LogP contribution is 2.69. The lowest BCUT2D eigenvalue weighted by Crippen LogP contribution is -2.47. The monoisotopic (exact) mass is 674 g/mol. The number of ether oxygens (including phenoxy) is 2. The molecule has 244 valence electrons. The van der Waals surface area contributed by atoms with Crippen molar-refractivity contribution in [3.05, 3.63) is 33.5 Å². The van der Waals surface area contributed by atoms with Gasteiger partial charge in [0, 0.05) is 25.9 Å². The van der Waals surface area contributed by atoms with Crippen LogP contribution < -0.4 is 10.6 Å². The summed E-state index contributed by atoms with van der Waals surface area (Å²) >= 11 is 7.33. The van der Waals surface area contributed by atoms with Gasteiger partial charge >= 0.3 is 17.9 Å². The number of amides is 1. The molecule has 15 nitrogen and oxygen atoms in total. The van der Waals surface area contributed by atoms with Crippen LogP contribution in [0.5, 0.6) is 0 Å². The minimum absolute atomic E-state index is 0.160. The second kappa shape index (κ2) is 13.6. The zero-order valence-corrected chi connectivity index (χ0v) is 26.3. The molecule has 3 aromatic rings. The molecule has 2 aliphatic rings. The summed E-state index contributed by atoms with van der Waals surface area (Å²) < 4.78 is 14.0. The Bertz CT molecular complexity index is 1730. The van der Waals surface area contributed by atoms with Gasteiger partial charge in [-0.15, -0.1) is 11.3 Å². The Morgan fingerprint density at radius 2 is 1.93 bits per heavy atom. The zero-order chi connectivity index (χ0) is 33.2. The summed E-state index contributed by atoms with van der Waals surface area (Å²) in [6.45, 7) is 2.39. The van der Waals surface area contributed by atoms with Gasteiger partial charge in [-0.05, 0) is 37.3 Å². The van der Waals surface area contributed by atoms with Crippen LogP contribution >= 0.6 is 22.9 Å². The SMILES string of the molecule is CCNc1nc(C#Cc2ccc(Cl)s2)nc2c1ncn2C1C2CC2(C(=O)NC)[C@@H](OC(O)CCC(=O)O)[C@H]1OC(=O)CCC(=O)O. The Labute approximate surface area is 271 Å². The molecule has 0 saturated heterocycles. The molecule has 0 aliphatic heterocycles. The predicted octanol–water partition coefficient (Wildman–Crippen LogP) is 2.02. The van der Waals surface area contributed by atoms with Crippen LogP contribution in [0.15, 0.2) is 18.5 Å². The number of hydrogen-bond donors (Lipinski definition) is 5. The number of imidazole rings is 1. The van der Waals surface area contributed by atoms with Crippen molar-refractivity contribution < 1.29 is 44.0 Å². The van der Waals surface area contributed by atoms with E-state index in [1.807, 2.05) is 6.92 Å². The fraction of sp³-hybridized carbons (Fsp3) is 0.483. The Morgan fingerprint density at radius 1 is 1.17 bits per heavy atom. The number of fused-ring (bicyclic) bond motifs is 2. The van der Waals surface area contributed by atoms with Crippen molar-refractivity contribution in [2.45, 2.75) is 63.6 Å². The molecule has 2 saturated carbocycles. The van der Waals surface area contributed by atoms with Gasteiger partial charge in [0.15, 0.2) is 23.3 Å². The Kier molecular flexibility index (Phi) is 9.77. The maximum Gasteiger partial charge on any atom is 0.306 e. The van der Waals surface area contributed by atoms with Gasteiger partial charge in [-0.2, -0.15) is 0 Å². The van der Waals surface area contributed by atoms with E-state index in [2.05, 4.69) is 37.4 Å². The van der Waals surface area contributed by atoms with E-state index in [9.17, 15) is 24.3 Å². The van der Waals surface area contributed by atoms with Crippen molar-refractivity contribution in [2.75, 3.05) is 18.9 Å². The zero-order valence-electron chi connectivity index (χ0n) is 24.7. The predicted molar refractivity (Wildman–Crippen MR) is 163 cm³/mol. The molecule has 0 bridgehead atoms. The third kappa shape index (κ3) is 6.63. The Balaban J connectivity index is 1.60. The number of carboxylic acids is 2. The van der Waals surface area contributed by atoms with E-state index in [0.717, 1.165) is 0 Å². The fourth-order valence-electron chi connectivity index (χ4n) is 5.95. The van der Waals surface area contributed by atoms with Gasteiger partial charge in [-0.3, -0.25) is 19.2 Å². The topological polar surface area (TPSA) is 215 Å². The summed E-state index contributed by atoms with van der Waals surface area (Å²) in [6.07, 6.45) is -3.89. The number of hydrogen-bond acceptors (Lipinski definition) is 12. The number of anilines is 1. The van der Waals surface area contributed by atoms with Gasteiger partial charge in [-0.1, -0.05) is 11.6 Å². The van der Waals surface area contributed by atoms with Crippen molar-refractivity contribution in [1.82, 2.24) is 24.8 Å². The Hall–Kier alpha value is -4.30. The summed E-state index contributed by atoms with van der Waals surface area (Å²) in [6, 6.07) is 2.70. The highest BCUT2D eigenvalue weighted by molar-refractivity contribution is 7.16. The van der Waals surface area contributed by atoms with E-state index in [0.29, 0.717) is 32.7 Å². The van der Waals surface area contributed by atoms with Crippen molar-refractivity contribution in [2.24, 2.45) is 11.3 Å². The molecule has 0 aromatic carbocycles. The van der Waals surface area contributed by atoms with Gasteiger partial charge in [0.2, 0.25) is 11.7 Å². The van der Waals surface area contributed by atoms with Crippen molar-refractivity contribution >= 4 is 63.7 Å². The first kappa shape index (κ1) is 33.1. The number of carbonyl (C=O) groups excluding carboxylic acids is 2. The second-order valence-electron chi connectivity index (χ2n) is 10.8. The van der Waals surface area contributed by atoms with Crippen LogP contribution in [-0.2, 0) is 28.7 Å². The molecule has 4 unspecified atom stereocenters. The minimum atomic E-state index is -1.60. The summed E-state index contributed by atoms with van der Waals surface area (Å²) in [7, 11) is 1.44. The van der Waals surface area contributed by atoms with Crippen LogP contribution in [0.1, 0.15) is 55.8 Å². The van der Waals surface area contributed by atoms with Crippen molar-refractivity contribution in [3.63, 3.8) is 0 Å². The number of aliphatic hydroxyl groups excluding tert-OH is 1. The van der Waals surface area contributed by atoms with Gasteiger partial charge in [0.05, 0.1) is 46.3 Å². The first-order valence-electron chi connectivity index (χ1n) is 14.4. The lowest BCUT2D eigenvalue weighted by Gasteiger charge is -2.32. The average Bonchev–Trinajstić information content (AvgIpc) is 3.24. The van der Waals surface area contributed by atoms with E-state index in [1.165, 1.54) is 24.7 Å². The maximum absolute atomic E-state index is 13.4. The first-order valence-corrected chi connectivity index (χ1v) is 15.6. The lowest BCUT2D eigenvalue weighted by atomic mass is 9.97. The number of thiophene rings is 1. The van der Waals surface area contributed by atoms with Crippen LogP contribution in [-0.4, -0.2) is 90.7 Å². The van der Waals surface area contributed by atoms with E-state index < -0.39 is 79.0 Å². The normalized spacial score (nSPS) is 23.6. The summed E-state index contributed by atoms with van der Waals surface area (Å²) in [5, 5.41) is 34.7. The molecule has 46 heavy (non-hydrogen) atoms. The number of esters is 1. The molecule has 2 fully saturated rings. The molecule has 0 radical (unpaired) electrons. The molecule has 1 amide bonds. The van der Waals surface area contributed by atoms with E-state index in [-0.39, 0.29) is 18.7 Å². The van der Waals surface area contributed by atoms with E-state index in [4.69, 9.17) is 31.3 Å². The molecule has 2 aliphatic carbocycles. The van der Waals surface area contributed by atoms with Gasteiger partial charge in [-0.25, -0.2) is 15.0 Å². The fourth-order valence-corrected chi connectivity index (χ4v) is 6.85. The first-order chi connectivity index (χ1) is 22.0. The third-order valence-electron chi connectivity index (χ3n) is 7.94. The molecule has 3 heterocycles. The molecule has 0 spiro atoms. The highest BCUT2D eigenvalue weighted by atomic mass is 35.5. The van der Waals surface area contributed by atoms with E-state index in [1.54, 1.807) is 16.7 Å². The third-order valence-corrected chi connectivity index (χ3v) is 9.09. The molecule has 6 atom stereocenters. The molecule has 5 N–H and O–H groups in total. The van der Waals surface area contributed by atoms with E-state index >= 15 is 0 Å².